The Hall–Kier alpha value is -1.98. The summed E-state index contributed by atoms with van der Waals surface area (Å²) in [6.07, 6.45) is 4.27. The highest BCUT2D eigenvalue weighted by Crippen LogP contribution is 2.26. The Morgan fingerprint density at radius 2 is 2.05 bits per heavy atom. The van der Waals surface area contributed by atoms with Crippen molar-refractivity contribution in [1.29, 1.82) is 0 Å². The Balaban J connectivity index is 1.65. The Morgan fingerprint density at radius 3 is 2.91 bits per heavy atom. The third-order valence-electron chi connectivity index (χ3n) is 4.31. The molecule has 1 aliphatic heterocycles. The molecule has 0 amide bonds. The highest BCUT2D eigenvalue weighted by atomic mass is 16.5. The van der Waals surface area contributed by atoms with E-state index in [9.17, 15) is 0 Å². The minimum Gasteiger partial charge on any atom is -0.367 e. The van der Waals surface area contributed by atoms with Gasteiger partial charge >= 0.3 is 0 Å². The number of hydrogen-bond acceptors (Lipinski definition) is 4. The maximum atomic E-state index is 6.16. The number of nitrogens with one attached hydrogen (secondary N) is 2. The lowest BCUT2D eigenvalue weighted by molar-refractivity contribution is -0.0222. The van der Waals surface area contributed by atoms with Crippen molar-refractivity contribution in [1.82, 2.24) is 20.3 Å². The summed E-state index contributed by atoms with van der Waals surface area (Å²) < 4.78 is 6.16. The maximum Gasteiger partial charge on any atom is 0.136 e. The molecule has 3 aromatic rings. The molecule has 1 atom stereocenters. The van der Waals surface area contributed by atoms with E-state index in [-0.39, 0.29) is 6.10 Å². The third kappa shape index (κ3) is 2.46. The summed E-state index contributed by atoms with van der Waals surface area (Å²) >= 11 is 0. The highest BCUT2D eigenvalue weighted by Gasteiger charge is 2.20. The van der Waals surface area contributed by atoms with Crippen LogP contribution in [0.5, 0.6) is 0 Å². The second kappa shape index (κ2) is 5.66. The molecule has 1 unspecified atom stereocenters. The van der Waals surface area contributed by atoms with Crippen LogP contribution < -0.4 is 5.32 Å². The quantitative estimate of drug-likeness (QED) is 0.780. The van der Waals surface area contributed by atoms with Gasteiger partial charge in [-0.15, -0.1) is 0 Å². The van der Waals surface area contributed by atoms with E-state index in [1.165, 1.54) is 0 Å². The van der Waals surface area contributed by atoms with Crippen LogP contribution in [0.15, 0.2) is 30.5 Å². The Bertz CT molecular complexity index is 792. The predicted octanol–water partition coefficient (Wildman–Crippen LogP) is 2.94. The van der Waals surface area contributed by atoms with Crippen LogP contribution in [-0.4, -0.2) is 34.1 Å². The fourth-order valence-corrected chi connectivity index (χ4v) is 3.10. The van der Waals surface area contributed by atoms with Gasteiger partial charge in [0.05, 0.1) is 28.9 Å². The number of pyridine rings is 1. The lowest BCUT2D eigenvalue weighted by atomic mass is 10.1. The molecule has 3 heterocycles. The number of rotatable bonds is 3. The summed E-state index contributed by atoms with van der Waals surface area (Å²) in [5, 5.41) is 4.44. The van der Waals surface area contributed by atoms with E-state index in [0.717, 1.165) is 53.7 Å². The molecule has 2 aromatic heterocycles. The molecule has 5 heteroatoms. The first-order valence-electron chi connectivity index (χ1n) is 7.91. The standard InChI is InChI=1S/C17H20N4O/c1-11(22-12-6-8-18-9-7-12)17-20-15-10-19-14-5-3-2-4-13(14)16(15)21-17/h2-5,10-12,18H,6-9H2,1H3,(H,20,21). The molecule has 0 spiro atoms. The number of imidazole rings is 1. The van der Waals surface area contributed by atoms with Gasteiger partial charge in [0.25, 0.3) is 0 Å². The van der Waals surface area contributed by atoms with Crippen molar-refractivity contribution in [2.24, 2.45) is 0 Å². The van der Waals surface area contributed by atoms with Gasteiger partial charge in [-0.05, 0) is 38.9 Å². The number of hydrogen-bond donors (Lipinski definition) is 2. The first-order valence-corrected chi connectivity index (χ1v) is 7.91. The molecule has 22 heavy (non-hydrogen) atoms. The molecular weight excluding hydrogens is 276 g/mol. The number of fused-ring (bicyclic) bond motifs is 3. The minimum absolute atomic E-state index is 0.0331. The second-order valence-electron chi connectivity index (χ2n) is 5.89. The fraction of sp³-hybridized carbons (Fsp3) is 0.412. The van der Waals surface area contributed by atoms with Gasteiger partial charge in [-0.2, -0.15) is 0 Å². The number of ether oxygens (including phenoxy) is 1. The molecule has 1 aliphatic rings. The SMILES string of the molecule is CC(OC1CCNCC1)c1nc2c(cnc3ccccc32)[nH]1. The molecule has 0 aliphatic carbocycles. The van der Waals surface area contributed by atoms with Crippen LogP contribution in [0.3, 0.4) is 0 Å². The summed E-state index contributed by atoms with van der Waals surface area (Å²) in [5.74, 6) is 0.881. The largest absolute Gasteiger partial charge is 0.367 e. The lowest BCUT2D eigenvalue weighted by Crippen LogP contribution is -2.33. The van der Waals surface area contributed by atoms with Crippen LogP contribution in [0.25, 0.3) is 21.9 Å². The number of aromatic amines is 1. The summed E-state index contributed by atoms with van der Waals surface area (Å²) in [6.45, 7) is 4.13. The Labute approximate surface area is 129 Å². The third-order valence-corrected chi connectivity index (χ3v) is 4.31. The van der Waals surface area contributed by atoms with Crippen LogP contribution in [0.4, 0.5) is 0 Å². The zero-order chi connectivity index (χ0) is 14.9. The van der Waals surface area contributed by atoms with E-state index in [1.54, 1.807) is 0 Å². The first kappa shape index (κ1) is 13.7. The average molecular weight is 296 g/mol. The van der Waals surface area contributed by atoms with E-state index in [4.69, 9.17) is 9.72 Å². The molecule has 1 aromatic carbocycles. The molecule has 4 rings (SSSR count). The molecule has 0 saturated carbocycles. The fourth-order valence-electron chi connectivity index (χ4n) is 3.10. The van der Waals surface area contributed by atoms with Crippen molar-refractivity contribution in [3.63, 3.8) is 0 Å². The van der Waals surface area contributed by atoms with Gasteiger partial charge in [-0.3, -0.25) is 4.98 Å². The van der Waals surface area contributed by atoms with Crippen LogP contribution in [-0.2, 0) is 4.74 Å². The van der Waals surface area contributed by atoms with Gasteiger partial charge in [0.1, 0.15) is 11.9 Å². The topological polar surface area (TPSA) is 62.8 Å². The van der Waals surface area contributed by atoms with Gasteiger partial charge in [0.2, 0.25) is 0 Å². The van der Waals surface area contributed by atoms with E-state index in [2.05, 4.69) is 28.3 Å². The molecule has 2 N–H and O–H groups in total. The highest BCUT2D eigenvalue weighted by molar-refractivity contribution is 6.01. The minimum atomic E-state index is -0.0331. The van der Waals surface area contributed by atoms with E-state index in [1.807, 2.05) is 24.4 Å². The molecule has 5 nitrogen and oxygen atoms in total. The van der Waals surface area contributed by atoms with Crippen molar-refractivity contribution in [3.05, 3.63) is 36.3 Å². The molecule has 1 fully saturated rings. The number of nitrogens with zero attached hydrogens (tertiary/aromatic N) is 2. The summed E-state index contributed by atoms with van der Waals surface area (Å²) in [7, 11) is 0. The summed E-state index contributed by atoms with van der Waals surface area (Å²) in [6, 6.07) is 8.09. The normalized spacial score (nSPS) is 18.0. The number of H-pyrrole nitrogens is 1. The predicted molar refractivity (Wildman–Crippen MR) is 86.8 cm³/mol. The first-order chi connectivity index (χ1) is 10.8. The summed E-state index contributed by atoms with van der Waals surface area (Å²) in [5.41, 5.74) is 2.91. The number of benzene rings is 1. The van der Waals surface area contributed by atoms with Crippen molar-refractivity contribution in [2.75, 3.05) is 13.1 Å². The zero-order valence-corrected chi connectivity index (χ0v) is 12.7. The van der Waals surface area contributed by atoms with Gasteiger partial charge in [0.15, 0.2) is 0 Å². The van der Waals surface area contributed by atoms with E-state index >= 15 is 0 Å². The molecule has 0 radical (unpaired) electrons. The van der Waals surface area contributed by atoms with Crippen LogP contribution in [0.1, 0.15) is 31.7 Å². The van der Waals surface area contributed by atoms with Gasteiger partial charge in [0, 0.05) is 5.39 Å². The van der Waals surface area contributed by atoms with Crippen molar-refractivity contribution < 1.29 is 4.74 Å². The van der Waals surface area contributed by atoms with Crippen molar-refractivity contribution in [3.8, 4) is 0 Å². The Kier molecular flexibility index (Phi) is 3.52. The number of piperidine rings is 1. The monoisotopic (exact) mass is 296 g/mol. The maximum absolute atomic E-state index is 6.16. The lowest BCUT2D eigenvalue weighted by Gasteiger charge is -2.25. The van der Waals surface area contributed by atoms with Crippen molar-refractivity contribution in [2.45, 2.75) is 32.0 Å². The van der Waals surface area contributed by atoms with E-state index in [0.29, 0.717) is 6.10 Å². The van der Waals surface area contributed by atoms with Crippen LogP contribution >= 0.6 is 0 Å². The van der Waals surface area contributed by atoms with Gasteiger partial charge in [-0.1, -0.05) is 18.2 Å². The molecule has 0 bridgehead atoms. The van der Waals surface area contributed by atoms with Crippen LogP contribution in [0, 0.1) is 0 Å². The number of aromatic nitrogens is 3. The molecule has 1 saturated heterocycles. The van der Waals surface area contributed by atoms with E-state index < -0.39 is 0 Å². The van der Waals surface area contributed by atoms with Crippen LogP contribution in [0.2, 0.25) is 0 Å². The smallest absolute Gasteiger partial charge is 0.136 e. The average Bonchev–Trinajstić information content (AvgIpc) is 3.00. The Morgan fingerprint density at radius 1 is 1.23 bits per heavy atom. The summed E-state index contributed by atoms with van der Waals surface area (Å²) in [4.78, 5) is 12.6. The van der Waals surface area contributed by atoms with Gasteiger partial charge < -0.3 is 15.0 Å². The zero-order valence-electron chi connectivity index (χ0n) is 12.7. The van der Waals surface area contributed by atoms with Gasteiger partial charge in [-0.25, -0.2) is 4.98 Å². The second-order valence-corrected chi connectivity index (χ2v) is 5.89. The molecule has 114 valence electrons. The molecular formula is C17H20N4O. The number of para-hydroxylation sites is 1. The van der Waals surface area contributed by atoms with Crippen molar-refractivity contribution >= 4 is 21.9 Å².